The van der Waals surface area contributed by atoms with Gasteiger partial charge in [-0.3, -0.25) is 4.79 Å². The van der Waals surface area contributed by atoms with Crippen LogP contribution in [0, 0.1) is 31.1 Å². The highest BCUT2D eigenvalue weighted by Crippen LogP contribution is 2.50. The molecule has 1 aromatic heterocycles. The number of carbonyl (C=O) groups excluding carboxylic acids is 1. The number of carbonyl (C=O) groups is 1. The van der Waals surface area contributed by atoms with Crippen LogP contribution in [0.5, 0.6) is 0 Å². The lowest BCUT2D eigenvalue weighted by Crippen LogP contribution is -2.35. The van der Waals surface area contributed by atoms with Crippen molar-refractivity contribution in [3.05, 3.63) is 46.5 Å². The van der Waals surface area contributed by atoms with E-state index in [1.807, 2.05) is 19.1 Å². The van der Waals surface area contributed by atoms with E-state index in [1.165, 1.54) is 12.0 Å². The highest BCUT2D eigenvalue weighted by atomic mass is 32.2. The van der Waals surface area contributed by atoms with Crippen LogP contribution in [0.2, 0.25) is 0 Å². The predicted molar refractivity (Wildman–Crippen MR) is 154 cm³/mol. The maximum absolute atomic E-state index is 13.9. The molecule has 0 N–H and O–H groups in total. The zero-order valence-corrected chi connectivity index (χ0v) is 25.6. The first-order valence-electron chi connectivity index (χ1n) is 14.8. The molecule has 2 heterocycles. The second kappa shape index (κ2) is 10.4. The SMILES string of the molecule is Cc1ccc(CC(=O)[C@H]2CN(S(=O)(=O)C(C)C)C[C@@H]2c2nnc(C3CC(CC(C)(C)C)C3)n2C2CC2)c(C)c1. The van der Waals surface area contributed by atoms with Crippen LogP contribution in [0.15, 0.2) is 18.2 Å². The van der Waals surface area contributed by atoms with E-state index >= 15 is 0 Å². The lowest BCUT2D eigenvalue weighted by molar-refractivity contribution is -0.122. The van der Waals surface area contributed by atoms with Crippen molar-refractivity contribution in [3.63, 3.8) is 0 Å². The average molecular weight is 555 g/mol. The molecule has 3 aliphatic rings. The number of benzene rings is 1. The van der Waals surface area contributed by atoms with Crippen LogP contribution in [0.1, 0.15) is 113 Å². The zero-order chi connectivity index (χ0) is 28.3. The van der Waals surface area contributed by atoms with Crippen LogP contribution in [-0.2, 0) is 21.2 Å². The number of aryl methyl sites for hydroxylation is 2. The first kappa shape index (κ1) is 28.5. The normalized spacial score (nSPS) is 26.3. The van der Waals surface area contributed by atoms with Gasteiger partial charge >= 0.3 is 0 Å². The van der Waals surface area contributed by atoms with E-state index < -0.39 is 21.2 Å². The first-order chi connectivity index (χ1) is 18.2. The maximum Gasteiger partial charge on any atom is 0.216 e. The molecule has 2 aliphatic carbocycles. The Hall–Kier alpha value is -2.06. The van der Waals surface area contributed by atoms with Crippen LogP contribution >= 0.6 is 0 Å². The van der Waals surface area contributed by atoms with Crippen molar-refractivity contribution in [1.82, 2.24) is 19.1 Å². The number of ketones is 1. The van der Waals surface area contributed by atoms with Crippen molar-refractivity contribution < 1.29 is 13.2 Å². The minimum Gasteiger partial charge on any atom is -0.311 e. The predicted octanol–water partition coefficient (Wildman–Crippen LogP) is 5.73. The molecule has 0 amide bonds. The van der Waals surface area contributed by atoms with Crippen molar-refractivity contribution in [3.8, 4) is 0 Å². The van der Waals surface area contributed by atoms with E-state index in [0.29, 0.717) is 36.3 Å². The number of aromatic nitrogens is 3. The standard InChI is InChI=1S/C31H46N4O3S/c1-19(2)39(37,38)34-17-26(28(36)15-23-9-8-20(3)12-21(23)4)27(18-34)30-33-32-29(35(30)25-10-11-25)24-13-22(14-24)16-31(5,6)7/h8-9,12,19,22,24-27H,10-11,13-18H2,1-7H3/t22?,24?,26-,27-/m0/s1. The van der Waals surface area contributed by atoms with Gasteiger partial charge in [-0.25, -0.2) is 12.7 Å². The third-order valence-corrected chi connectivity index (χ3v) is 11.2. The summed E-state index contributed by atoms with van der Waals surface area (Å²) in [5.74, 6) is 2.39. The Bertz CT molecular complexity index is 1330. The maximum atomic E-state index is 13.9. The molecule has 1 saturated heterocycles. The summed E-state index contributed by atoms with van der Waals surface area (Å²) in [5.41, 5.74) is 3.60. The summed E-state index contributed by atoms with van der Waals surface area (Å²) in [6, 6.07) is 6.55. The Morgan fingerprint density at radius 1 is 1.05 bits per heavy atom. The van der Waals surface area contributed by atoms with E-state index in [0.717, 1.165) is 48.5 Å². The zero-order valence-electron chi connectivity index (χ0n) is 24.8. The fourth-order valence-corrected chi connectivity index (χ4v) is 8.09. The molecular weight excluding hydrogens is 508 g/mol. The minimum atomic E-state index is -3.49. The smallest absolute Gasteiger partial charge is 0.216 e. The second-order valence-electron chi connectivity index (χ2n) is 14.0. The Morgan fingerprint density at radius 2 is 1.72 bits per heavy atom. The number of hydrogen-bond acceptors (Lipinski definition) is 5. The quantitative estimate of drug-likeness (QED) is 0.396. The van der Waals surface area contributed by atoms with E-state index in [1.54, 1.807) is 18.2 Å². The van der Waals surface area contributed by atoms with Gasteiger partial charge < -0.3 is 4.57 Å². The van der Waals surface area contributed by atoms with Gasteiger partial charge in [-0.2, -0.15) is 0 Å². The van der Waals surface area contributed by atoms with Gasteiger partial charge in [-0.15, -0.1) is 10.2 Å². The number of hydrogen-bond donors (Lipinski definition) is 0. The molecule has 7 nitrogen and oxygen atoms in total. The first-order valence-corrected chi connectivity index (χ1v) is 16.3. The van der Waals surface area contributed by atoms with E-state index in [-0.39, 0.29) is 18.2 Å². The molecule has 2 aromatic rings. The van der Waals surface area contributed by atoms with Gasteiger partial charge in [-0.05, 0) is 82.3 Å². The Balaban J connectivity index is 1.44. The van der Waals surface area contributed by atoms with Gasteiger partial charge in [0, 0.05) is 43.3 Å². The second-order valence-corrected chi connectivity index (χ2v) is 16.5. The molecule has 214 valence electrons. The number of rotatable bonds is 9. The average Bonchev–Trinajstić information content (AvgIpc) is 3.39. The molecule has 2 saturated carbocycles. The largest absolute Gasteiger partial charge is 0.311 e. The van der Waals surface area contributed by atoms with Crippen molar-refractivity contribution in [2.45, 2.75) is 110 Å². The number of nitrogens with zero attached hydrogens (tertiary/aromatic N) is 4. The third kappa shape index (κ3) is 5.88. The third-order valence-electron chi connectivity index (χ3n) is 9.01. The Labute approximate surface area is 234 Å². The molecule has 8 heteroatoms. The summed E-state index contributed by atoms with van der Waals surface area (Å²) in [7, 11) is -3.49. The monoisotopic (exact) mass is 554 g/mol. The topological polar surface area (TPSA) is 85.2 Å². The van der Waals surface area contributed by atoms with Crippen LogP contribution in [-0.4, -0.2) is 51.6 Å². The van der Waals surface area contributed by atoms with Crippen LogP contribution in [0.3, 0.4) is 0 Å². The Morgan fingerprint density at radius 3 is 2.31 bits per heavy atom. The van der Waals surface area contributed by atoms with Crippen molar-refractivity contribution in [1.29, 1.82) is 0 Å². The van der Waals surface area contributed by atoms with Crippen LogP contribution in [0.4, 0.5) is 0 Å². The summed E-state index contributed by atoms with van der Waals surface area (Å²) in [5, 5.41) is 8.93. The molecule has 5 rings (SSSR count). The summed E-state index contributed by atoms with van der Waals surface area (Å²) in [6.07, 6.45) is 5.99. The molecule has 0 radical (unpaired) electrons. The molecule has 1 aliphatic heterocycles. The molecule has 0 bridgehead atoms. The minimum absolute atomic E-state index is 0.0918. The lowest BCUT2D eigenvalue weighted by atomic mass is 9.68. The van der Waals surface area contributed by atoms with Crippen molar-refractivity contribution in [2.24, 2.45) is 17.3 Å². The highest BCUT2D eigenvalue weighted by molar-refractivity contribution is 7.89. The van der Waals surface area contributed by atoms with Crippen LogP contribution in [0.25, 0.3) is 0 Å². The fourth-order valence-electron chi connectivity index (χ4n) is 6.76. The molecule has 3 fully saturated rings. The fraction of sp³-hybridized carbons (Fsp3) is 0.710. The van der Waals surface area contributed by atoms with Gasteiger partial charge in [0.1, 0.15) is 17.4 Å². The van der Waals surface area contributed by atoms with E-state index in [4.69, 9.17) is 10.2 Å². The summed E-state index contributed by atoms with van der Waals surface area (Å²) in [6.45, 7) is 14.9. The van der Waals surface area contributed by atoms with E-state index in [9.17, 15) is 13.2 Å². The van der Waals surface area contributed by atoms with Crippen molar-refractivity contribution >= 4 is 15.8 Å². The number of sulfonamides is 1. The van der Waals surface area contributed by atoms with Crippen LogP contribution < -0.4 is 0 Å². The molecular formula is C31H46N4O3S. The van der Waals surface area contributed by atoms with E-state index in [2.05, 4.69) is 38.3 Å². The van der Waals surface area contributed by atoms with Gasteiger partial charge in [0.2, 0.25) is 10.0 Å². The molecule has 0 unspecified atom stereocenters. The Kier molecular flexibility index (Phi) is 7.59. The molecule has 39 heavy (non-hydrogen) atoms. The van der Waals surface area contributed by atoms with Crippen molar-refractivity contribution in [2.75, 3.05) is 13.1 Å². The highest BCUT2D eigenvalue weighted by Gasteiger charge is 2.48. The number of Topliss-reactive ketones (excluding diaryl/α,β-unsaturated/α-hetero) is 1. The molecule has 2 atom stereocenters. The molecule has 1 aromatic carbocycles. The summed E-state index contributed by atoms with van der Waals surface area (Å²) >= 11 is 0. The lowest BCUT2D eigenvalue weighted by Gasteiger charge is -2.38. The summed E-state index contributed by atoms with van der Waals surface area (Å²) in [4.78, 5) is 13.9. The van der Waals surface area contributed by atoms with Gasteiger partial charge in [0.05, 0.1) is 5.25 Å². The molecule has 0 spiro atoms. The van der Waals surface area contributed by atoms with Gasteiger partial charge in [0.15, 0.2) is 0 Å². The summed E-state index contributed by atoms with van der Waals surface area (Å²) < 4.78 is 30.4. The van der Waals surface area contributed by atoms with Gasteiger partial charge in [0.25, 0.3) is 0 Å². The van der Waals surface area contributed by atoms with Gasteiger partial charge in [-0.1, -0.05) is 44.5 Å².